The fraction of sp³-hybridized carbons (Fsp3) is 0.500. The summed E-state index contributed by atoms with van der Waals surface area (Å²) in [6.45, 7) is 2.49. The first-order valence-corrected chi connectivity index (χ1v) is 12.3. The molecule has 2 aromatic heterocycles. The van der Waals surface area contributed by atoms with Crippen LogP contribution in [-0.2, 0) is 21.6 Å². The Morgan fingerprint density at radius 3 is 2.76 bits per heavy atom. The largest absolute Gasteiger partial charge is 0.441 e. The number of alkyl halides is 2. The highest BCUT2D eigenvalue weighted by Crippen LogP contribution is 2.49. The second-order valence-electron chi connectivity index (χ2n) is 10.9. The SMILES string of the molecule is CC(C)(O)c1cnc(N2C[C@@]3(CCC(OC(F)F)[C@](C)(Cn4cnc5ccc(C#N)cc54)C3)OC2=O)cn1. The molecule has 5 rings (SSSR count). The monoisotopic (exact) mass is 526 g/mol. The van der Waals surface area contributed by atoms with Gasteiger partial charge < -0.3 is 19.1 Å². The average Bonchev–Trinajstić information content (AvgIpc) is 3.40. The van der Waals surface area contributed by atoms with Crippen LogP contribution < -0.4 is 4.90 Å². The maximum Gasteiger partial charge on any atom is 0.416 e. The van der Waals surface area contributed by atoms with Gasteiger partial charge >= 0.3 is 12.7 Å². The zero-order valence-electron chi connectivity index (χ0n) is 21.3. The Morgan fingerprint density at radius 2 is 2.11 bits per heavy atom. The third kappa shape index (κ3) is 4.79. The third-order valence-electron chi connectivity index (χ3n) is 7.43. The Hall–Kier alpha value is -3.69. The molecule has 3 heterocycles. The number of aliphatic hydroxyl groups is 1. The van der Waals surface area contributed by atoms with Crippen molar-refractivity contribution in [3.63, 3.8) is 0 Å². The Kier molecular flexibility index (Phi) is 6.31. The highest BCUT2D eigenvalue weighted by molar-refractivity contribution is 5.89. The number of hydrogen-bond donors (Lipinski definition) is 1. The van der Waals surface area contributed by atoms with Crippen LogP contribution >= 0.6 is 0 Å². The first kappa shape index (κ1) is 25.9. The molecule has 200 valence electrons. The Bertz CT molecular complexity index is 1400. The van der Waals surface area contributed by atoms with Crippen molar-refractivity contribution in [1.82, 2.24) is 19.5 Å². The first-order valence-electron chi connectivity index (χ1n) is 12.3. The number of imidazole rings is 1. The highest BCUT2D eigenvalue weighted by Gasteiger charge is 2.56. The van der Waals surface area contributed by atoms with Crippen molar-refractivity contribution < 1.29 is 28.2 Å². The summed E-state index contributed by atoms with van der Waals surface area (Å²) in [6, 6.07) is 7.23. The summed E-state index contributed by atoms with van der Waals surface area (Å²) >= 11 is 0. The standard InChI is InChI=1S/C26H28F2N6O4/c1-24(2,36)19-10-31-21(11-30-19)34-14-26(38-23(34)35)7-6-20(37-22(27)28)25(3,12-26)13-33-15-32-17-5-4-16(9-29)8-18(17)33/h4-5,8,10-11,15,20,22,36H,6-7,12-14H2,1-3H3/t20?,25-,26-/m0/s1. The predicted molar refractivity (Wildman–Crippen MR) is 131 cm³/mol. The van der Waals surface area contributed by atoms with Crippen LogP contribution in [0, 0.1) is 16.7 Å². The van der Waals surface area contributed by atoms with Crippen LogP contribution in [0.2, 0.25) is 0 Å². The molecule has 10 nitrogen and oxygen atoms in total. The number of nitrogens with zero attached hydrogens (tertiary/aromatic N) is 6. The van der Waals surface area contributed by atoms with Crippen LogP contribution in [-0.4, -0.2) is 55.6 Å². The number of rotatable bonds is 6. The lowest BCUT2D eigenvalue weighted by Crippen LogP contribution is -2.52. The summed E-state index contributed by atoms with van der Waals surface area (Å²) in [4.78, 5) is 27.2. The molecule has 1 aromatic carbocycles. The third-order valence-corrected chi connectivity index (χ3v) is 7.43. The van der Waals surface area contributed by atoms with Gasteiger partial charge in [-0.05, 0) is 51.3 Å². The minimum Gasteiger partial charge on any atom is -0.441 e. The highest BCUT2D eigenvalue weighted by atomic mass is 19.3. The van der Waals surface area contributed by atoms with Crippen LogP contribution in [0.3, 0.4) is 0 Å². The van der Waals surface area contributed by atoms with Gasteiger partial charge in [0.25, 0.3) is 0 Å². The Morgan fingerprint density at radius 1 is 1.32 bits per heavy atom. The van der Waals surface area contributed by atoms with E-state index in [1.807, 2.05) is 11.5 Å². The number of aromatic nitrogens is 4. The second kappa shape index (κ2) is 9.25. The fourth-order valence-corrected chi connectivity index (χ4v) is 5.63. The predicted octanol–water partition coefficient (Wildman–Crippen LogP) is 4.12. The number of ether oxygens (including phenoxy) is 2. The zero-order valence-corrected chi connectivity index (χ0v) is 21.3. The molecular formula is C26H28F2N6O4. The van der Waals surface area contributed by atoms with Crippen molar-refractivity contribution in [2.45, 2.75) is 70.5 Å². The van der Waals surface area contributed by atoms with Crippen molar-refractivity contribution in [1.29, 1.82) is 5.26 Å². The van der Waals surface area contributed by atoms with Gasteiger partial charge in [-0.3, -0.25) is 9.88 Å². The molecule has 1 amide bonds. The Balaban J connectivity index is 1.44. The van der Waals surface area contributed by atoms with Gasteiger partial charge in [-0.1, -0.05) is 6.92 Å². The van der Waals surface area contributed by atoms with Gasteiger partial charge in [-0.2, -0.15) is 14.0 Å². The summed E-state index contributed by atoms with van der Waals surface area (Å²) in [6.07, 6.45) is 3.87. The minimum atomic E-state index is -2.95. The zero-order chi connectivity index (χ0) is 27.3. The number of carbonyl (C=O) groups is 1. The molecule has 1 unspecified atom stereocenters. The van der Waals surface area contributed by atoms with E-state index in [-0.39, 0.29) is 31.7 Å². The summed E-state index contributed by atoms with van der Waals surface area (Å²) in [7, 11) is 0. The minimum absolute atomic E-state index is 0.169. The van der Waals surface area contributed by atoms with E-state index in [1.165, 1.54) is 17.3 Å². The van der Waals surface area contributed by atoms with Gasteiger partial charge in [-0.15, -0.1) is 0 Å². The van der Waals surface area contributed by atoms with Crippen LogP contribution in [0.25, 0.3) is 11.0 Å². The van der Waals surface area contributed by atoms with Crippen molar-refractivity contribution in [2.24, 2.45) is 5.41 Å². The molecule has 0 radical (unpaired) electrons. The lowest BCUT2D eigenvalue weighted by Gasteiger charge is -2.47. The van der Waals surface area contributed by atoms with Crippen molar-refractivity contribution in [2.75, 3.05) is 11.4 Å². The van der Waals surface area contributed by atoms with Crippen LogP contribution in [0.15, 0.2) is 36.9 Å². The molecule has 0 bridgehead atoms. The topological polar surface area (TPSA) is 126 Å². The molecule has 12 heteroatoms. The van der Waals surface area contributed by atoms with E-state index in [2.05, 4.69) is 21.0 Å². The van der Waals surface area contributed by atoms with E-state index in [4.69, 9.17) is 9.47 Å². The van der Waals surface area contributed by atoms with E-state index < -0.39 is 35.4 Å². The molecule has 1 aliphatic carbocycles. The van der Waals surface area contributed by atoms with Crippen molar-refractivity contribution in [3.8, 4) is 6.07 Å². The number of nitriles is 1. The molecule has 1 aliphatic heterocycles. The van der Waals surface area contributed by atoms with Crippen molar-refractivity contribution >= 4 is 22.9 Å². The molecule has 1 N–H and O–H groups in total. The van der Waals surface area contributed by atoms with E-state index in [1.54, 1.807) is 38.4 Å². The van der Waals surface area contributed by atoms with Crippen molar-refractivity contribution in [3.05, 3.63) is 48.2 Å². The van der Waals surface area contributed by atoms with E-state index in [0.29, 0.717) is 28.7 Å². The lowest BCUT2D eigenvalue weighted by molar-refractivity contribution is -0.218. The fourth-order valence-electron chi connectivity index (χ4n) is 5.63. The summed E-state index contributed by atoms with van der Waals surface area (Å²) in [5.41, 5.74) is -0.802. The van der Waals surface area contributed by atoms with E-state index >= 15 is 0 Å². The quantitative estimate of drug-likeness (QED) is 0.508. The molecule has 1 saturated carbocycles. The summed E-state index contributed by atoms with van der Waals surface area (Å²) in [5, 5.41) is 19.5. The molecule has 2 aliphatic rings. The van der Waals surface area contributed by atoms with Gasteiger partial charge in [-0.25, -0.2) is 14.8 Å². The smallest absolute Gasteiger partial charge is 0.416 e. The molecule has 1 saturated heterocycles. The second-order valence-corrected chi connectivity index (χ2v) is 10.9. The normalized spacial score (nSPS) is 25.8. The molecule has 3 atom stereocenters. The molecule has 2 fully saturated rings. The number of fused-ring (bicyclic) bond motifs is 1. The molecular weight excluding hydrogens is 498 g/mol. The molecule has 3 aromatic rings. The number of hydrogen-bond acceptors (Lipinski definition) is 8. The number of carbonyl (C=O) groups excluding carboxylic acids is 1. The van der Waals surface area contributed by atoms with Gasteiger partial charge in [0.05, 0.1) is 59.7 Å². The lowest BCUT2D eigenvalue weighted by atomic mass is 9.66. The molecule has 1 spiro atoms. The van der Waals surface area contributed by atoms with Gasteiger partial charge in [0, 0.05) is 12.0 Å². The molecule has 38 heavy (non-hydrogen) atoms. The van der Waals surface area contributed by atoms with Gasteiger partial charge in [0.1, 0.15) is 11.2 Å². The van der Waals surface area contributed by atoms with Gasteiger partial charge in [0.15, 0.2) is 5.82 Å². The summed E-state index contributed by atoms with van der Waals surface area (Å²) < 4.78 is 39.6. The number of amides is 1. The van der Waals surface area contributed by atoms with E-state index in [9.17, 15) is 23.9 Å². The van der Waals surface area contributed by atoms with Crippen LogP contribution in [0.4, 0.5) is 19.4 Å². The van der Waals surface area contributed by atoms with Crippen LogP contribution in [0.1, 0.15) is 51.3 Å². The number of halogens is 2. The van der Waals surface area contributed by atoms with Gasteiger partial charge in [0.2, 0.25) is 0 Å². The van der Waals surface area contributed by atoms with Crippen LogP contribution in [0.5, 0.6) is 0 Å². The number of anilines is 1. The maximum atomic E-state index is 13.4. The summed E-state index contributed by atoms with van der Waals surface area (Å²) in [5.74, 6) is 0.275. The number of benzene rings is 1. The van der Waals surface area contributed by atoms with E-state index in [0.717, 1.165) is 0 Å². The maximum absolute atomic E-state index is 13.4. The first-order chi connectivity index (χ1) is 17.9. The Labute approximate surface area is 217 Å². The average molecular weight is 527 g/mol.